The Morgan fingerprint density at radius 1 is 1.50 bits per heavy atom. The van der Waals surface area contributed by atoms with Crippen molar-refractivity contribution in [3.05, 3.63) is 39.0 Å². The lowest BCUT2D eigenvalue weighted by atomic mass is 10.2. The van der Waals surface area contributed by atoms with Crippen LogP contribution in [0.25, 0.3) is 11.5 Å². The number of hydrogen-bond donors (Lipinski definition) is 1. The van der Waals surface area contributed by atoms with Gasteiger partial charge in [0.2, 0.25) is 0 Å². The molecule has 0 radical (unpaired) electrons. The van der Waals surface area contributed by atoms with Gasteiger partial charge < -0.3 is 4.42 Å². The molecular weight excluding hydrogens is 255 g/mol. The minimum absolute atomic E-state index is 0.0695. The molecule has 4 nitrogen and oxygen atoms in total. The number of H-pyrrole nitrogens is 1. The number of nitrogens with zero attached hydrogens (tertiary/aromatic N) is 1. The van der Waals surface area contributed by atoms with E-state index in [1.54, 1.807) is 6.07 Å². The first-order chi connectivity index (χ1) is 6.68. The number of nitrogens with one attached hydrogen (secondary N) is 1. The van der Waals surface area contributed by atoms with Crippen molar-refractivity contribution in [1.82, 2.24) is 10.2 Å². The molecule has 0 unspecified atom stereocenters. The lowest BCUT2D eigenvalue weighted by molar-refractivity contribution is 0.520. The highest BCUT2D eigenvalue weighted by Crippen LogP contribution is 2.28. The van der Waals surface area contributed by atoms with Crippen LogP contribution in [0.5, 0.6) is 0 Å². The molecule has 72 valence electrons. The monoisotopic (exact) mass is 258 g/mol. The summed E-state index contributed by atoms with van der Waals surface area (Å²) in [7, 11) is 0. The zero-order valence-corrected chi connectivity index (χ0v) is 8.34. The van der Waals surface area contributed by atoms with Crippen molar-refractivity contribution in [2.24, 2.45) is 0 Å². The predicted molar refractivity (Wildman–Crippen MR) is 50.2 cm³/mol. The quantitative estimate of drug-likeness (QED) is 0.851. The normalized spacial score (nSPS) is 10.4. The molecule has 0 saturated heterocycles. The van der Waals surface area contributed by atoms with Gasteiger partial charge in [-0.1, -0.05) is 6.07 Å². The van der Waals surface area contributed by atoms with E-state index in [1.165, 1.54) is 12.1 Å². The van der Waals surface area contributed by atoms with Crippen molar-refractivity contribution in [2.45, 2.75) is 0 Å². The molecule has 0 spiro atoms. The third kappa shape index (κ3) is 1.48. The van der Waals surface area contributed by atoms with Crippen LogP contribution in [-0.2, 0) is 0 Å². The Labute approximate surface area is 85.9 Å². The van der Waals surface area contributed by atoms with E-state index in [0.29, 0.717) is 4.47 Å². The van der Waals surface area contributed by atoms with Crippen LogP contribution in [0.1, 0.15) is 0 Å². The molecule has 1 N–H and O–H groups in total. The third-order valence-corrected chi connectivity index (χ3v) is 2.28. The molecule has 1 aromatic carbocycles. The van der Waals surface area contributed by atoms with Crippen molar-refractivity contribution >= 4 is 15.9 Å². The summed E-state index contributed by atoms with van der Waals surface area (Å²) >= 11 is 3.14. The van der Waals surface area contributed by atoms with Crippen molar-refractivity contribution in [2.75, 3.05) is 0 Å². The van der Waals surface area contributed by atoms with Crippen LogP contribution < -0.4 is 5.76 Å². The molecule has 6 heteroatoms. The average molecular weight is 259 g/mol. The molecule has 0 fully saturated rings. The van der Waals surface area contributed by atoms with Crippen LogP contribution in [0.2, 0.25) is 0 Å². The molecule has 1 heterocycles. The molecule has 14 heavy (non-hydrogen) atoms. The summed E-state index contributed by atoms with van der Waals surface area (Å²) < 4.78 is 18.4. The van der Waals surface area contributed by atoms with E-state index in [2.05, 4.69) is 30.5 Å². The molecule has 0 amide bonds. The van der Waals surface area contributed by atoms with Crippen LogP contribution >= 0.6 is 15.9 Å². The van der Waals surface area contributed by atoms with Gasteiger partial charge in [0.05, 0.1) is 5.56 Å². The highest BCUT2D eigenvalue weighted by atomic mass is 79.9. The van der Waals surface area contributed by atoms with E-state index < -0.39 is 11.6 Å². The zero-order valence-electron chi connectivity index (χ0n) is 6.75. The molecule has 1 aromatic heterocycles. The van der Waals surface area contributed by atoms with E-state index in [9.17, 15) is 9.18 Å². The van der Waals surface area contributed by atoms with E-state index >= 15 is 0 Å². The van der Waals surface area contributed by atoms with Crippen molar-refractivity contribution in [1.29, 1.82) is 0 Å². The summed E-state index contributed by atoms with van der Waals surface area (Å²) in [5.41, 5.74) is 0.130. The lowest BCUT2D eigenvalue weighted by Crippen LogP contribution is -1.93. The molecule has 0 bridgehead atoms. The van der Waals surface area contributed by atoms with Crippen molar-refractivity contribution in [3.63, 3.8) is 0 Å². The fourth-order valence-corrected chi connectivity index (χ4v) is 1.55. The molecule has 0 atom stereocenters. The van der Waals surface area contributed by atoms with Gasteiger partial charge in [0.15, 0.2) is 0 Å². The Kier molecular flexibility index (Phi) is 2.20. The highest BCUT2D eigenvalue weighted by Gasteiger charge is 2.14. The maximum atomic E-state index is 13.3. The summed E-state index contributed by atoms with van der Waals surface area (Å²) in [6.45, 7) is 0. The first kappa shape index (κ1) is 9.14. The van der Waals surface area contributed by atoms with Gasteiger partial charge in [-0.2, -0.15) is 0 Å². The van der Waals surface area contributed by atoms with E-state index in [-0.39, 0.29) is 11.5 Å². The number of aromatic nitrogens is 2. The Bertz CT molecular complexity index is 500. The highest BCUT2D eigenvalue weighted by molar-refractivity contribution is 9.10. The summed E-state index contributed by atoms with van der Waals surface area (Å²) in [5.74, 6) is -1.29. The molecule has 2 aromatic rings. The maximum absolute atomic E-state index is 13.3. The van der Waals surface area contributed by atoms with Gasteiger partial charge in [-0.3, -0.25) is 0 Å². The van der Waals surface area contributed by atoms with Gasteiger partial charge in [-0.05, 0) is 28.1 Å². The van der Waals surface area contributed by atoms with E-state index in [4.69, 9.17) is 0 Å². The second kappa shape index (κ2) is 3.38. The van der Waals surface area contributed by atoms with Gasteiger partial charge >= 0.3 is 5.76 Å². The minimum Gasteiger partial charge on any atom is -0.388 e. The number of aromatic amines is 1. The number of hydrogen-bond acceptors (Lipinski definition) is 3. The zero-order chi connectivity index (χ0) is 10.1. The molecule has 0 aliphatic heterocycles. The average Bonchev–Trinajstić information content (AvgIpc) is 2.51. The third-order valence-electron chi connectivity index (χ3n) is 1.61. The fraction of sp³-hybridized carbons (Fsp3) is 0. The van der Waals surface area contributed by atoms with E-state index in [1.807, 2.05) is 0 Å². The van der Waals surface area contributed by atoms with Gasteiger partial charge in [-0.15, -0.1) is 5.10 Å². The number of halogens is 2. The second-order valence-corrected chi connectivity index (χ2v) is 3.37. The topological polar surface area (TPSA) is 58.9 Å². The van der Waals surface area contributed by atoms with Gasteiger partial charge in [0.1, 0.15) is 5.82 Å². The standard InChI is InChI=1S/C8H4BrFN2O2/c9-4-2-1-3-5(10)6(4)7-11-12-8(13)14-7/h1-3H,(H,12,13). The minimum atomic E-state index is -0.713. The maximum Gasteiger partial charge on any atom is 0.434 e. The summed E-state index contributed by atoms with van der Waals surface area (Å²) in [6.07, 6.45) is 0. The molecule has 2 rings (SSSR count). The Hall–Kier alpha value is -1.43. The first-order valence-corrected chi connectivity index (χ1v) is 4.47. The smallest absolute Gasteiger partial charge is 0.388 e. The Balaban J connectivity index is 2.67. The lowest BCUT2D eigenvalue weighted by Gasteiger charge is -1.99. The SMILES string of the molecule is O=c1[nH]nc(-c2c(F)cccc2Br)o1. The van der Waals surface area contributed by atoms with Crippen LogP contribution in [0, 0.1) is 5.82 Å². The largest absolute Gasteiger partial charge is 0.434 e. The number of benzene rings is 1. The molecule has 0 aliphatic rings. The van der Waals surface area contributed by atoms with Crippen molar-refractivity contribution in [3.8, 4) is 11.5 Å². The molecular formula is C8H4BrFN2O2. The summed E-state index contributed by atoms with van der Waals surface area (Å²) in [6, 6.07) is 4.43. The molecule has 0 aliphatic carbocycles. The van der Waals surface area contributed by atoms with E-state index in [0.717, 1.165) is 0 Å². The van der Waals surface area contributed by atoms with Crippen LogP contribution in [-0.4, -0.2) is 10.2 Å². The Morgan fingerprint density at radius 3 is 2.86 bits per heavy atom. The second-order valence-electron chi connectivity index (χ2n) is 2.51. The fourth-order valence-electron chi connectivity index (χ4n) is 1.04. The summed E-state index contributed by atoms with van der Waals surface area (Å²) in [4.78, 5) is 10.7. The van der Waals surface area contributed by atoms with Crippen molar-refractivity contribution < 1.29 is 8.81 Å². The van der Waals surface area contributed by atoms with Gasteiger partial charge in [0, 0.05) is 4.47 Å². The van der Waals surface area contributed by atoms with Crippen LogP contribution in [0.15, 0.2) is 31.9 Å². The first-order valence-electron chi connectivity index (χ1n) is 3.68. The predicted octanol–water partition coefficient (Wildman–Crippen LogP) is 1.93. The van der Waals surface area contributed by atoms with Crippen LogP contribution in [0.3, 0.4) is 0 Å². The Morgan fingerprint density at radius 2 is 2.29 bits per heavy atom. The van der Waals surface area contributed by atoms with Crippen LogP contribution in [0.4, 0.5) is 4.39 Å². The van der Waals surface area contributed by atoms with Gasteiger partial charge in [-0.25, -0.2) is 14.3 Å². The number of rotatable bonds is 1. The molecule has 0 saturated carbocycles. The van der Waals surface area contributed by atoms with Gasteiger partial charge in [0.25, 0.3) is 5.89 Å². The summed E-state index contributed by atoms with van der Waals surface area (Å²) in [5, 5.41) is 5.60.